The summed E-state index contributed by atoms with van der Waals surface area (Å²) in [4.78, 5) is 10.6. The lowest BCUT2D eigenvalue weighted by atomic mass is 10.2. The molecule has 0 saturated carbocycles. The second-order valence-corrected chi connectivity index (χ2v) is 3.17. The first-order chi connectivity index (χ1) is 6.49. The minimum Gasteiger partial charge on any atom is -0.492 e. The lowest BCUT2D eigenvalue weighted by Crippen LogP contribution is -2.03. The van der Waals surface area contributed by atoms with E-state index >= 15 is 0 Å². The molecule has 14 heavy (non-hydrogen) atoms. The largest absolute Gasteiger partial charge is 0.492 e. The fourth-order valence-corrected chi connectivity index (χ4v) is 1.54. The van der Waals surface area contributed by atoms with Gasteiger partial charge < -0.3 is 9.84 Å². The van der Waals surface area contributed by atoms with Crippen LogP contribution in [0.4, 0.5) is 8.78 Å². The van der Waals surface area contributed by atoms with Crippen molar-refractivity contribution in [2.24, 2.45) is 0 Å². The summed E-state index contributed by atoms with van der Waals surface area (Å²) in [5.41, 5.74) is -0.388. The van der Waals surface area contributed by atoms with Gasteiger partial charge in [-0.2, -0.15) is 4.39 Å². The molecule has 1 aromatic rings. The number of rotatable bonds is 2. The Labute approximate surface area is 86.4 Å². The quantitative estimate of drug-likeness (QED) is 0.837. The minimum absolute atomic E-state index is 0.119. The van der Waals surface area contributed by atoms with Crippen molar-refractivity contribution in [2.75, 3.05) is 7.11 Å². The van der Waals surface area contributed by atoms with Crippen LogP contribution in [-0.4, -0.2) is 18.2 Å². The highest BCUT2D eigenvalue weighted by Gasteiger charge is 2.20. The fraction of sp³-hybridized carbons (Fsp3) is 0.125. The number of carboxylic acids is 1. The Morgan fingerprint density at radius 2 is 2.14 bits per heavy atom. The Bertz CT molecular complexity index is 393. The first-order valence-corrected chi connectivity index (χ1v) is 4.23. The predicted molar refractivity (Wildman–Crippen MR) is 47.6 cm³/mol. The van der Waals surface area contributed by atoms with E-state index in [-0.39, 0.29) is 10.0 Å². The maximum Gasteiger partial charge on any atom is 0.337 e. The van der Waals surface area contributed by atoms with E-state index in [1.165, 1.54) is 0 Å². The van der Waals surface area contributed by atoms with Gasteiger partial charge in [-0.15, -0.1) is 0 Å². The molecule has 0 saturated heterocycles. The van der Waals surface area contributed by atoms with Crippen LogP contribution in [0.25, 0.3) is 0 Å². The van der Waals surface area contributed by atoms with Crippen molar-refractivity contribution < 1.29 is 23.4 Å². The van der Waals surface area contributed by atoms with Crippen LogP contribution in [0.2, 0.25) is 0 Å². The third kappa shape index (κ3) is 1.70. The van der Waals surface area contributed by atoms with Crippen LogP contribution >= 0.6 is 15.9 Å². The summed E-state index contributed by atoms with van der Waals surface area (Å²) in [7, 11) is 1.12. The van der Waals surface area contributed by atoms with Crippen LogP contribution < -0.4 is 4.74 Å². The highest BCUT2D eigenvalue weighted by atomic mass is 79.9. The van der Waals surface area contributed by atoms with Crippen LogP contribution in [0.15, 0.2) is 10.5 Å². The molecule has 0 unspecified atom stereocenters. The number of aromatic carboxylic acids is 1. The molecular weight excluding hydrogens is 262 g/mol. The second-order valence-electron chi connectivity index (χ2n) is 2.37. The molecule has 0 aromatic heterocycles. The Kier molecular flexibility index (Phi) is 3.05. The van der Waals surface area contributed by atoms with Gasteiger partial charge in [-0.05, 0) is 22.0 Å². The maximum absolute atomic E-state index is 13.0. The van der Waals surface area contributed by atoms with E-state index in [0.717, 1.165) is 7.11 Å². The topological polar surface area (TPSA) is 46.5 Å². The molecule has 0 aliphatic rings. The summed E-state index contributed by atoms with van der Waals surface area (Å²) in [5.74, 6) is -4.30. The SMILES string of the molecule is COc1c(F)c(F)cc(C(=O)O)c1Br. The first-order valence-electron chi connectivity index (χ1n) is 3.43. The molecule has 0 spiro atoms. The Morgan fingerprint density at radius 3 is 2.57 bits per heavy atom. The van der Waals surface area contributed by atoms with Gasteiger partial charge in [0.2, 0.25) is 5.82 Å². The molecule has 6 heteroatoms. The lowest BCUT2D eigenvalue weighted by molar-refractivity contribution is 0.0694. The molecule has 1 N–H and O–H groups in total. The van der Waals surface area contributed by atoms with Crippen molar-refractivity contribution >= 4 is 21.9 Å². The zero-order valence-electron chi connectivity index (χ0n) is 6.97. The Morgan fingerprint density at radius 1 is 1.57 bits per heavy atom. The summed E-state index contributed by atoms with van der Waals surface area (Å²) in [6.45, 7) is 0. The molecule has 1 rings (SSSR count). The molecule has 0 aliphatic heterocycles. The minimum atomic E-state index is -1.37. The second kappa shape index (κ2) is 3.91. The molecule has 0 amide bonds. The number of hydrogen-bond donors (Lipinski definition) is 1. The van der Waals surface area contributed by atoms with Gasteiger partial charge in [-0.1, -0.05) is 0 Å². The number of carbonyl (C=O) groups is 1. The average molecular weight is 267 g/mol. The van der Waals surface area contributed by atoms with Gasteiger partial charge in [0, 0.05) is 0 Å². The van der Waals surface area contributed by atoms with Crippen LogP contribution in [0, 0.1) is 11.6 Å². The van der Waals surface area contributed by atoms with Crippen molar-refractivity contribution in [2.45, 2.75) is 0 Å². The normalized spacial score (nSPS) is 10.0. The zero-order valence-corrected chi connectivity index (χ0v) is 8.56. The summed E-state index contributed by atoms with van der Waals surface area (Å²) in [5, 5.41) is 8.63. The Hall–Kier alpha value is -1.17. The fourth-order valence-electron chi connectivity index (χ4n) is 0.915. The smallest absolute Gasteiger partial charge is 0.337 e. The van der Waals surface area contributed by atoms with Crippen molar-refractivity contribution in [3.8, 4) is 5.75 Å². The van der Waals surface area contributed by atoms with Crippen LogP contribution in [0.5, 0.6) is 5.75 Å². The van der Waals surface area contributed by atoms with Gasteiger partial charge in [0.15, 0.2) is 11.6 Å². The lowest BCUT2D eigenvalue weighted by Gasteiger charge is -2.07. The summed E-state index contributed by atoms with van der Waals surface area (Å²) >= 11 is 2.81. The number of benzene rings is 1. The summed E-state index contributed by atoms with van der Waals surface area (Å²) in [6.07, 6.45) is 0. The van der Waals surface area contributed by atoms with Crippen LogP contribution in [0.3, 0.4) is 0 Å². The van der Waals surface area contributed by atoms with E-state index in [2.05, 4.69) is 20.7 Å². The van der Waals surface area contributed by atoms with E-state index in [4.69, 9.17) is 5.11 Å². The number of methoxy groups -OCH3 is 1. The van der Waals surface area contributed by atoms with Gasteiger partial charge in [-0.25, -0.2) is 9.18 Å². The van der Waals surface area contributed by atoms with Crippen molar-refractivity contribution in [3.05, 3.63) is 27.7 Å². The Balaban J connectivity index is 3.50. The molecule has 3 nitrogen and oxygen atoms in total. The third-order valence-corrected chi connectivity index (χ3v) is 2.34. The van der Waals surface area contributed by atoms with Gasteiger partial charge >= 0.3 is 5.97 Å². The van der Waals surface area contributed by atoms with Crippen LogP contribution in [0.1, 0.15) is 10.4 Å². The zero-order chi connectivity index (χ0) is 10.9. The first kappa shape index (κ1) is 10.9. The van der Waals surface area contributed by atoms with E-state index in [1.54, 1.807) is 0 Å². The number of halogens is 3. The molecule has 0 radical (unpaired) electrons. The highest BCUT2D eigenvalue weighted by molar-refractivity contribution is 9.10. The molecular formula is C8H5BrF2O3. The number of carboxylic acid groups (broad SMARTS) is 1. The third-order valence-electron chi connectivity index (χ3n) is 1.55. The van der Waals surface area contributed by atoms with Gasteiger partial charge in [0.25, 0.3) is 0 Å². The molecule has 76 valence electrons. The van der Waals surface area contributed by atoms with Crippen LogP contribution in [-0.2, 0) is 0 Å². The van der Waals surface area contributed by atoms with E-state index in [1.807, 2.05) is 0 Å². The number of hydrogen-bond acceptors (Lipinski definition) is 2. The standard InChI is InChI=1S/C8H5BrF2O3/c1-14-7-5(9)3(8(12)13)2-4(10)6(7)11/h2H,1H3,(H,12,13). The van der Waals surface area contributed by atoms with E-state index in [0.29, 0.717) is 6.07 Å². The molecule has 1 aromatic carbocycles. The average Bonchev–Trinajstić information content (AvgIpc) is 2.12. The summed E-state index contributed by atoms with van der Waals surface area (Å²) in [6, 6.07) is 0.588. The summed E-state index contributed by atoms with van der Waals surface area (Å²) < 4.78 is 30.2. The monoisotopic (exact) mass is 266 g/mol. The maximum atomic E-state index is 13.0. The molecule has 0 heterocycles. The van der Waals surface area contributed by atoms with Crippen molar-refractivity contribution in [1.29, 1.82) is 0 Å². The number of ether oxygens (including phenoxy) is 1. The van der Waals surface area contributed by atoms with Crippen molar-refractivity contribution in [1.82, 2.24) is 0 Å². The van der Waals surface area contributed by atoms with E-state index < -0.39 is 23.4 Å². The van der Waals surface area contributed by atoms with Crippen molar-refractivity contribution in [3.63, 3.8) is 0 Å². The van der Waals surface area contributed by atoms with Gasteiger partial charge in [0.1, 0.15) is 0 Å². The molecule has 0 fully saturated rings. The van der Waals surface area contributed by atoms with E-state index in [9.17, 15) is 13.6 Å². The molecule has 0 atom stereocenters. The highest BCUT2D eigenvalue weighted by Crippen LogP contribution is 2.33. The van der Waals surface area contributed by atoms with Gasteiger partial charge in [-0.3, -0.25) is 0 Å². The van der Waals surface area contributed by atoms with Gasteiger partial charge in [0.05, 0.1) is 17.1 Å². The predicted octanol–water partition coefficient (Wildman–Crippen LogP) is 2.43. The molecule has 0 bridgehead atoms. The molecule has 0 aliphatic carbocycles.